The van der Waals surface area contributed by atoms with Gasteiger partial charge in [-0.25, -0.2) is 0 Å². The Hall–Kier alpha value is -2.46. The van der Waals surface area contributed by atoms with Gasteiger partial charge in [-0.15, -0.1) is 0 Å². The Morgan fingerprint density at radius 1 is 1.26 bits per heavy atom. The first-order chi connectivity index (χ1) is 13.1. The van der Waals surface area contributed by atoms with Gasteiger partial charge in [0.2, 0.25) is 5.91 Å². The van der Waals surface area contributed by atoms with E-state index in [9.17, 15) is 4.79 Å². The lowest BCUT2D eigenvalue weighted by atomic mass is 9.82. The van der Waals surface area contributed by atoms with Crippen molar-refractivity contribution in [2.24, 2.45) is 0 Å². The van der Waals surface area contributed by atoms with Crippen molar-refractivity contribution >= 4 is 28.8 Å². The second kappa shape index (κ2) is 7.28. The van der Waals surface area contributed by atoms with Gasteiger partial charge in [-0.1, -0.05) is 30.7 Å². The predicted octanol–water partition coefficient (Wildman–Crippen LogP) is 4.91. The molecule has 0 saturated heterocycles. The van der Waals surface area contributed by atoms with E-state index in [2.05, 4.69) is 17.4 Å². The minimum atomic E-state index is -0.0632. The molecule has 27 heavy (non-hydrogen) atoms. The van der Waals surface area contributed by atoms with Crippen molar-refractivity contribution in [3.63, 3.8) is 0 Å². The van der Waals surface area contributed by atoms with E-state index < -0.39 is 0 Å². The molecule has 0 radical (unpaired) electrons. The van der Waals surface area contributed by atoms with Gasteiger partial charge in [-0.3, -0.25) is 4.79 Å². The summed E-state index contributed by atoms with van der Waals surface area (Å²) >= 11 is 6.27. The summed E-state index contributed by atoms with van der Waals surface area (Å²) < 4.78 is 5.30. The molecule has 2 aromatic carbocycles. The first kappa shape index (κ1) is 17.9. The summed E-state index contributed by atoms with van der Waals surface area (Å²) in [6.45, 7) is 3.37. The van der Waals surface area contributed by atoms with Crippen LogP contribution >= 0.6 is 11.6 Å². The molecule has 0 aliphatic carbocycles. The van der Waals surface area contributed by atoms with E-state index in [0.29, 0.717) is 13.0 Å². The van der Waals surface area contributed by atoms with Crippen LogP contribution in [0, 0.1) is 0 Å². The highest BCUT2D eigenvalue weighted by atomic mass is 35.5. The number of carbonyl (C=O) groups excluding carboxylic acids is 1. The van der Waals surface area contributed by atoms with Gasteiger partial charge < -0.3 is 15.0 Å². The fraction of sp³-hybridized carbons (Fsp3) is 0.318. The molecule has 4 nitrogen and oxygen atoms in total. The van der Waals surface area contributed by atoms with E-state index in [1.807, 2.05) is 42.2 Å². The number of benzene rings is 2. The molecule has 2 heterocycles. The third-order valence-electron chi connectivity index (χ3n) is 5.46. The van der Waals surface area contributed by atoms with E-state index in [1.54, 1.807) is 7.11 Å². The molecule has 2 aliphatic heterocycles. The summed E-state index contributed by atoms with van der Waals surface area (Å²) in [7, 11) is 1.66. The average Bonchev–Trinajstić information content (AvgIpc) is 2.72. The molecular formula is C22H23ClN2O2. The highest BCUT2D eigenvalue weighted by Gasteiger charge is 2.35. The number of ether oxygens (including phenoxy) is 1. The summed E-state index contributed by atoms with van der Waals surface area (Å²) in [5.41, 5.74) is 5.94. The van der Waals surface area contributed by atoms with E-state index in [1.165, 1.54) is 11.1 Å². The first-order valence-corrected chi connectivity index (χ1v) is 9.69. The topological polar surface area (TPSA) is 41.6 Å². The summed E-state index contributed by atoms with van der Waals surface area (Å²) in [4.78, 5) is 14.7. The van der Waals surface area contributed by atoms with Crippen molar-refractivity contribution in [3.05, 3.63) is 64.2 Å². The Kier molecular flexibility index (Phi) is 4.83. The van der Waals surface area contributed by atoms with Crippen molar-refractivity contribution in [3.8, 4) is 5.75 Å². The average molecular weight is 383 g/mol. The molecule has 1 unspecified atom stereocenters. The SMILES string of the molecule is CCC(=O)N1CCC2=C(CNc3ccc(Cl)cc32)C1c1ccc(OC)cc1. The number of anilines is 1. The Morgan fingerprint density at radius 3 is 2.74 bits per heavy atom. The molecule has 140 valence electrons. The molecular weight excluding hydrogens is 360 g/mol. The van der Waals surface area contributed by atoms with Gasteiger partial charge >= 0.3 is 0 Å². The van der Waals surface area contributed by atoms with Gasteiger partial charge in [-0.05, 0) is 53.5 Å². The van der Waals surface area contributed by atoms with Crippen molar-refractivity contribution in [2.75, 3.05) is 25.5 Å². The number of hydrogen-bond donors (Lipinski definition) is 1. The van der Waals surface area contributed by atoms with E-state index in [4.69, 9.17) is 16.3 Å². The number of nitrogens with zero attached hydrogens (tertiary/aromatic N) is 1. The lowest BCUT2D eigenvalue weighted by Gasteiger charge is -2.42. The predicted molar refractivity (Wildman–Crippen MR) is 109 cm³/mol. The number of methoxy groups -OCH3 is 1. The van der Waals surface area contributed by atoms with E-state index in [0.717, 1.165) is 40.6 Å². The van der Waals surface area contributed by atoms with E-state index in [-0.39, 0.29) is 11.9 Å². The molecule has 0 saturated carbocycles. The van der Waals surface area contributed by atoms with Crippen molar-refractivity contribution < 1.29 is 9.53 Å². The Balaban J connectivity index is 1.84. The molecule has 2 aromatic rings. The van der Waals surface area contributed by atoms with Crippen LogP contribution in [-0.4, -0.2) is 31.0 Å². The highest BCUT2D eigenvalue weighted by Crippen LogP contribution is 2.45. The maximum atomic E-state index is 12.7. The number of amides is 1. The third kappa shape index (κ3) is 3.19. The molecule has 1 N–H and O–H groups in total. The minimum Gasteiger partial charge on any atom is -0.497 e. The van der Waals surface area contributed by atoms with Crippen LogP contribution in [0.5, 0.6) is 5.75 Å². The molecule has 5 heteroatoms. The fourth-order valence-corrected chi connectivity index (χ4v) is 4.31. The molecule has 2 aliphatic rings. The molecule has 0 bridgehead atoms. The molecule has 4 rings (SSSR count). The van der Waals surface area contributed by atoms with Crippen molar-refractivity contribution in [2.45, 2.75) is 25.8 Å². The summed E-state index contributed by atoms with van der Waals surface area (Å²) in [5, 5.41) is 4.24. The number of fused-ring (bicyclic) bond motifs is 2. The van der Waals surface area contributed by atoms with Crippen LogP contribution in [0.2, 0.25) is 5.02 Å². The first-order valence-electron chi connectivity index (χ1n) is 9.31. The second-order valence-electron chi connectivity index (χ2n) is 6.91. The second-order valence-corrected chi connectivity index (χ2v) is 7.35. The van der Waals surface area contributed by atoms with Crippen LogP contribution < -0.4 is 10.1 Å². The quantitative estimate of drug-likeness (QED) is 0.819. The van der Waals surface area contributed by atoms with Gasteiger partial charge in [0.05, 0.1) is 13.2 Å². The zero-order valence-corrected chi connectivity index (χ0v) is 16.3. The summed E-state index contributed by atoms with van der Waals surface area (Å²) in [5.74, 6) is 0.996. The van der Waals surface area contributed by atoms with E-state index >= 15 is 0 Å². The fourth-order valence-electron chi connectivity index (χ4n) is 4.14. The van der Waals surface area contributed by atoms with Gasteiger partial charge in [0, 0.05) is 35.8 Å². The van der Waals surface area contributed by atoms with Crippen LogP contribution in [0.3, 0.4) is 0 Å². The highest BCUT2D eigenvalue weighted by molar-refractivity contribution is 6.30. The third-order valence-corrected chi connectivity index (χ3v) is 5.70. The zero-order chi connectivity index (χ0) is 19.0. The maximum Gasteiger partial charge on any atom is 0.223 e. The van der Waals surface area contributed by atoms with Crippen molar-refractivity contribution in [1.82, 2.24) is 4.90 Å². The number of halogens is 1. The molecule has 1 atom stereocenters. The van der Waals surface area contributed by atoms with Crippen LogP contribution in [0.1, 0.15) is 36.9 Å². The van der Waals surface area contributed by atoms with Crippen molar-refractivity contribution in [1.29, 1.82) is 0 Å². The standard InChI is InChI=1S/C22H23ClN2O2/c1-3-21(26)25-11-10-17-18-12-15(23)6-9-20(18)24-13-19(17)22(25)14-4-7-16(27-2)8-5-14/h4-9,12,22,24H,3,10-11,13H2,1-2H3. The zero-order valence-electron chi connectivity index (χ0n) is 15.6. The van der Waals surface area contributed by atoms with Gasteiger partial charge in [-0.2, -0.15) is 0 Å². The minimum absolute atomic E-state index is 0.0632. The Bertz CT molecular complexity index is 905. The van der Waals surface area contributed by atoms with Crippen LogP contribution in [0.15, 0.2) is 48.0 Å². The van der Waals surface area contributed by atoms with Gasteiger partial charge in [0.15, 0.2) is 0 Å². The van der Waals surface area contributed by atoms with Crippen LogP contribution in [-0.2, 0) is 4.79 Å². The van der Waals surface area contributed by atoms with Crippen LogP contribution in [0.4, 0.5) is 5.69 Å². The normalized spacial score (nSPS) is 18.5. The van der Waals surface area contributed by atoms with Gasteiger partial charge in [0.25, 0.3) is 0 Å². The number of nitrogens with one attached hydrogen (secondary N) is 1. The summed E-state index contributed by atoms with van der Waals surface area (Å²) in [6, 6.07) is 13.9. The number of carbonyl (C=O) groups is 1. The number of hydrogen-bond acceptors (Lipinski definition) is 3. The van der Waals surface area contributed by atoms with Gasteiger partial charge in [0.1, 0.15) is 5.75 Å². The Labute approximate surface area is 164 Å². The largest absolute Gasteiger partial charge is 0.497 e. The molecule has 0 aromatic heterocycles. The lowest BCUT2D eigenvalue weighted by molar-refractivity contribution is -0.132. The lowest BCUT2D eigenvalue weighted by Crippen LogP contribution is -2.41. The Morgan fingerprint density at radius 2 is 2.04 bits per heavy atom. The molecule has 0 fully saturated rings. The monoisotopic (exact) mass is 382 g/mol. The molecule has 1 amide bonds. The smallest absolute Gasteiger partial charge is 0.223 e. The molecule has 0 spiro atoms. The van der Waals surface area contributed by atoms with Crippen LogP contribution in [0.25, 0.3) is 5.57 Å². The maximum absolute atomic E-state index is 12.7. The summed E-state index contributed by atoms with van der Waals surface area (Å²) in [6.07, 6.45) is 1.36. The number of rotatable bonds is 3.